The fourth-order valence-electron chi connectivity index (χ4n) is 2.84. The van der Waals surface area contributed by atoms with Crippen molar-refractivity contribution >= 4 is 11.6 Å². The van der Waals surface area contributed by atoms with Crippen LogP contribution in [0.4, 0.5) is 4.39 Å². The molecule has 96 valence electrons. The number of nitriles is 1. The Bertz CT molecular complexity index is 447. The zero-order valence-electron chi connectivity index (χ0n) is 10.5. The summed E-state index contributed by atoms with van der Waals surface area (Å²) in [6, 6.07) is 5.05. The number of hydrogen-bond donors (Lipinski definition) is 0. The summed E-state index contributed by atoms with van der Waals surface area (Å²) >= 11 is 5.95. The lowest BCUT2D eigenvalue weighted by atomic mass is 9.78. The molecule has 0 atom stereocenters. The van der Waals surface area contributed by atoms with Crippen LogP contribution in [0.2, 0.25) is 5.02 Å². The molecule has 1 aromatic carbocycles. The topological polar surface area (TPSA) is 23.8 Å². The van der Waals surface area contributed by atoms with Crippen molar-refractivity contribution < 1.29 is 4.39 Å². The molecular formula is C15H17ClFN. The second-order valence-corrected chi connectivity index (χ2v) is 5.50. The molecule has 3 heteroatoms. The molecule has 0 spiro atoms. The van der Waals surface area contributed by atoms with Crippen LogP contribution in [0.1, 0.15) is 56.1 Å². The van der Waals surface area contributed by atoms with Gasteiger partial charge in [0, 0.05) is 0 Å². The Labute approximate surface area is 113 Å². The van der Waals surface area contributed by atoms with Crippen molar-refractivity contribution in [3.8, 4) is 6.07 Å². The van der Waals surface area contributed by atoms with Gasteiger partial charge >= 0.3 is 0 Å². The van der Waals surface area contributed by atoms with Crippen molar-refractivity contribution in [2.45, 2.75) is 44.9 Å². The number of halogens is 2. The fourth-order valence-corrected chi connectivity index (χ4v) is 3.10. The Hall–Kier alpha value is -1.07. The minimum Gasteiger partial charge on any atom is -0.205 e. The minimum absolute atomic E-state index is 0.0392. The van der Waals surface area contributed by atoms with Gasteiger partial charge in [-0.05, 0) is 55.2 Å². The number of benzene rings is 1. The average molecular weight is 266 g/mol. The summed E-state index contributed by atoms with van der Waals surface area (Å²) in [4.78, 5) is 0. The molecule has 1 saturated carbocycles. The molecule has 0 unspecified atom stereocenters. The van der Waals surface area contributed by atoms with Gasteiger partial charge in [-0.1, -0.05) is 24.9 Å². The van der Waals surface area contributed by atoms with Gasteiger partial charge in [-0.15, -0.1) is 0 Å². The first-order chi connectivity index (χ1) is 8.65. The summed E-state index contributed by atoms with van der Waals surface area (Å²) in [5.41, 5.74) is 0.911. The SMILES string of the molecule is CC[C@H]1CC[C@H](c2cc(F)c(C#N)c(Cl)c2)CC1. The van der Waals surface area contributed by atoms with Crippen molar-refractivity contribution in [1.82, 2.24) is 0 Å². The molecule has 1 fully saturated rings. The van der Waals surface area contributed by atoms with Crippen molar-refractivity contribution in [3.05, 3.63) is 34.1 Å². The van der Waals surface area contributed by atoms with E-state index in [1.54, 1.807) is 12.1 Å². The van der Waals surface area contributed by atoms with Crippen LogP contribution in [-0.2, 0) is 0 Å². The van der Waals surface area contributed by atoms with Gasteiger partial charge in [-0.25, -0.2) is 4.39 Å². The molecule has 1 nitrogen and oxygen atoms in total. The van der Waals surface area contributed by atoms with Crippen molar-refractivity contribution in [2.75, 3.05) is 0 Å². The highest BCUT2D eigenvalue weighted by Gasteiger charge is 2.22. The molecular weight excluding hydrogens is 249 g/mol. The quantitative estimate of drug-likeness (QED) is 0.735. The van der Waals surface area contributed by atoms with E-state index in [4.69, 9.17) is 16.9 Å². The van der Waals surface area contributed by atoms with Crippen LogP contribution < -0.4 is 0 Å². The smallest absolute Gasteiger partial charge is 0.142 e. The summed E-state index contributed by atoms with van der Waals surface area (Å²) in [5.74, 6) is 0.727. The predicted molar refractivity (Wildman–Crippen MR) is 71.1 cm³/mol. The molecule has 0 aliphatic heterocycles. The Balaban J connectivity index is 2.18. The summed E-state index contributed by atoms with van der Waals surface area (Å²) in [6.07, 6.45) is 5.84. The summed E-state index contributed by atoms with van der Waals surface area (Å²) in [5, 5.41) is 9.03. The molecule has 2 rings (SSSR count). The number of hydrogen-bond acceptors (Lipinski definition) is 1. The molecule has 0 radical (unpaired) electrons. The molecule has 1 aromatic rings. The first-order valence-corrected chi connectivity index (χ1v) is 6.92. The standard InChI is InChI=1S/C15H17ClFN/c1-2-10-3-5-11(6-4-10)12-7-14(16)13(9-18)15(17)8-12/h7-8,10-11H,2-6H2,1H3/t10-,11-. The van der Waals surface area contributed by atoms with E-state index in [1.807, 2.05) is 0 Å². The van der Waals surface area contributed by atoms with Gasteiger partial charge in [-0.2, -0.15) is 5.26 Å². The van der Waals surface area contributed by atoms with Crippen LogP contribution in [-0.4, -0.2) is 0 Å². The monoisotopic (exact) mass is 265 g/mol. The van der Waals surface area contributed by atoms with E-state index in [0.717, 1.165) is 24.3 Å². The van der Waals surface area contributed by atoms with Crippen LogP contribution in [0.25, 0.3) is 0 Å². The molecule has 0 saturated heterocycles. The normalized spacial score (nSPS) is 23.7. The highest BCUT2D eigenvalue weighted by Crippen LogP contribution is 2.38. The van der Waals surface area contributed by atoms with E-state index in [2.05, 4.69) is 6.92 Å². The highest BCUT2D eigenvalue weighted by atomic mass is 35.5. The highest BCUT2D eigenvalue weighted by molar-refractivity contribution is 6.31. The third kappa shape index (κ3) is 2.67. The Morgan fingerprint density at radius 2 is 2.00 bits per heavy atom. The maximum absolute atomic E-state index is 13.7. The molecule has 1 aliphatic rings. The fraction of sp³-hybridized carbons (Fsp3) is 0.533. The lowest BCUT2D eigenvalue weighted by Crippen LogP contribution is -2.13. The molecule has 0 N–H and O–H groups in total. The van der Waals surface area contributed by atoms with Crippen LogP contribution in [0.5, 0.6) is 0 Å². The third-order valence-corrected chi connectivity index (χ3v) is 4.37. The molecule has 0 aromatic heterocycles. The zero-order chi connectivity index (χ0) is 13.1. The second-order valence-electron chi connectivity index (χ2n) is 5.10. The van der Waals surface area contributed by atoms with Crippen LogP contribution in [0.15, 0.2) is 12.1 Å². The summed E-state index contributed by atoms with van der Waals surface area (Å²) in [7, 11) is 0. The maximum Gasteiger partial charge on any atom is 0.142 e. The molecule has 1 aliphatic carbocycles. The summed E-state index contributed by atoms with van der Waals surface area (Å²) in [6.45, 7) is 2.23. The third-order valence-electron chi connectivity index (χ3n) is 4.07. The Morgan fingerprint density at radius 3 is 2.50 bits per heavy atom. The second kappa shape index (κ2) is 5.71. The van der Waals surface area contributed by atoms with Gasteiger partial charge in [0.1, 0.15) is 17.4 Å². The first-order valence-electron chi connectivity index (χ1n) is 6.54. The Kier molecular flexibility index (Phi) is 4.24. The van der Waals surface area contributed by atoms with Gasteiger partial charge in [0.2, 0.25) is 0 Å². The van der Waals surface area contributed by atoms with Crippen LogP contribution in [0, 0.1) is 23.1 Å². The van der Waals surface area contributed by atoms with Gasteiger partial charge in [0.05, 0.1) is 5.02 Å². The van der Waals surface area contributed by atoms with Gasteiger partial charge in [-0.3, -0.25) is 0 Å². The largest absolute Gasteiger partial charge is 0.205 e. The molecule has 0 amide bonds. The van der Waals surface area contributed by atoms with E-state index in [0.29, 0.717) is 5.92 Å². The molecule has 0 heterocycles. The molecule has 0 bridgehead atoms. The van der Waals surface area contributed by atoms with E-state index >= 15 is 0 Å². The maximum atomic E-state index is 13.7. The number of nitrogens with zero attached hydrogens (tertiary/aromatic N) is 1. The van der Waals surface area contributed by atoms with Gasteiger partial charge < -0.3 is 0 Å². The predicted octanol–water partition coefficient (Wildman–Crippen LogP) is 5.03. The van der Waals surface area contributed by atoms with Crippen molar-refractivity contribution in [2.24, 2.45) is 5.92 Å². The van der Waals surface area contributed by atoms with Crippen LogP contribution >= 0.6 is 11.6 Å². The lowest BCUT2D eigenvalue weighted by Gasteiger charge is -2.28. The molecule has 18 heavy (non-hydrogen) atoms. The van der Waals surface area contributed by atoms with Crippen LogP contribution in [0.3, 0.4) is 0 Å². The zero-order valence-corrected chi connectivity index (χ0v) is 11.3. The average Bonchev–Trinajstić information content (AvgIpc) is 2.38. The van der Waals surface area contributed by atoms with E-state index in [-0.39, 0.29) is 10.6 Å². The number of rotatable bonds is 2. The van der Waals surface area contributed by atoms with Gasteiger partial charge in [0.15, 0.2) is 0 Å². The van der Waals surface area contributed by atoms with E-state index in [9.17, 15) is 4.39 Å². The summed E-state index contributed by atoms with van der Waals surface area (Å²) < 4.78 is 13.7. The van der Waals surface area contributed by atoms with Gasteiger partial charge in [0.25, 0.3) is 0 Å². The van der Waals surface area contributed by atoms with E-state index < -0.39 is 5.82 Å². The minimum atomic E-state index is -0.488. The van der Waals surface area contributed by atoms with Crippen molar-refractivity contribution in [3.63, 3.8) is 0 Å². The lowest BCUT2D eigenvalue weighted by molar-refractivity contribution is 0.318. The van der Waals surface area contributed by atoms with Crippen molar-refractivity contribution in [1.29, 1.82) is 5.26 Å². The first kappa shape index (κ1) is 13.4. The Morgan fingerprint density at radius 1 is 1.33 bits per heavy atom. The van der Waals surface area contributed by atoms with E-state index in [1.165, 1.54) is 25.3 Å².